The van der Waals surface area contributed by atoms with Crippen molar-refractivity contribution in [2.75, 3.05) is 0 Å². The SMILES string of the molecule is NS(=O)(=O)c1ccc(CNCc2ccc[nH]2)cc1. The van der Waals surface area contributed by atoms with Crippen molar-refractivity contribution < 1.29 is 8.42 Å². The van der Waals surface area contributed by atoms with Crippen molar-refractivity contribution in [2.24, 2.45) is 5.14 Å². The molecule has 96 valence electrons. The molecule has 1 aromatic carbocycles. The normalized spacial score (nSPS) is 11.6. The number of primary sulfonamides is 1. The number of hydrogen-bond acceptors (Lipinski definition) is 3. The van der Waals surface area contributed by atoms with E-state index in [1.54, 1.807) is 12.1 Å². The highest BCUT2D eigenvalue weighted by Crippen LogP contribution is 2.08. The van der Waals surface area contributed by atoms with Crippen LogP contribution in [0.25, 0.3) is 0 Å². The highest BCUT2D eigenvalue weighted by atomic mass is 32.2. The quantitative estimate of drug-likeness (QED) is 0.752. The van der Waals surface area contributed by atoms with Crippen molar-refractivity contribution in [3.63, 3.8) is 0 Å². The Morgan fingerprint density at radius 1 is 1.11 bits per heavy atom. The second-order valence-corrected chi connectivity index (χ2v) is 5.55. The average molecular weight is 265 g/mol. The summed E-state index contributed by atoms with van der Waals surface area (Å²) in [5.41, 5.74) is 2.12. The van der Waals surface area contributed by atoms with Crippen LogP contribution in [0.2, 0.25) is 0 Å². The van der Waals surface area contributed by atoms with E-state index in [4.69, 9.17) is 5.14 Å². The number of sulfonamides is 1. The lowest BCUT2D eigenvalue weighted by Gasteiger charge is -2.04. The second kappa shape index (κ2) is 5.34. The predicted molar refractivity (Wildman–Crippen MR) is 69.2 cm³/mol. The van der Waals surface area contributed by atoms with Gasteiger partial charge in [0.1, 0.15) is 0 Å². The molecule has 0 spiro atoms. The minimum absolute atomic E-state index is 0.135. The van der Waals surface area contributed by atoms with Crippen LogP contribution in [0.1, 0.15) is 11.3 Å². The molecule has 0 fully saturated rings. The maximum absolute atomic E-state index is 11.1. The van der Waals surface area contributed by atoms with Gasteiger partial charge in [-0.2, -0.15) is 0 Å². The molecule has 6 heteroatoms. The van der Waals surface area contributed by atoms with Crippen molar-refractivity contribution in [3.8, 4) is 0 Å². The van der Waals surface area contributed by atoms with E-state index >= 15 is 0 Å². The number of rotatable bonds is 5. The van der Waals surface area contributed by atoms with Crippen LogP contribution in [0.4, 0.5) is 0 Å². The highest BCUT2D eigenvalue weighted by Gasteiger charge is 2.06. The van der Waals surface area contributed by atoms with Crippen LogP contribution in [0.3, 0.4) is 0 Å². The molecular weight excluding hydrogens is 250 g/mol. The summed E-state index contributed by atoms with van der Waals surface area (Å²) in [5.74, 6) is 0. The molecule has 5 nitrogen and oxygen atoms in total. The van der Waals surface area contributed by atoms with Crippen LogP contribution in [-0.4, -0.2) is 13.4 Å². The van der Waals surface area contributed by atoms with Crippen molar-refractivity contribution in [2.45, 2.75) is 18.0 Å². The third kappa shape index (κ3) is 3.43. The lowest BCUT2D eigenvalue weighted by atomic mass is 10.2. The molecule has 1 heterocycles. The van der Waals surface area contributed by atoms with Gasteiger partial charge in [0.05, 0.1) is 4.90 Å². The topological polar surface area (TPSA) is 88.0 Å². The molecule has 1 aromatic heterocycles. The smallest absolute Gasteiger partial charge is 0.238 e. The largest absolute Gasteiger partial charge is 0.364 e. The Hall–Kier alpha value is -1.63. The minimum atomic E-state index is -3.60. The van der Waals surface area contributed by atoms with E-state index in [2.05, 4.69) is 10.3 Å². The van der Waals surface area contributed by atoms with E-state index in [0.29, 0.717) is 6.54 Å². The molecule has 0 bridgehead atoms. The number of aromatic nitrogens is 1. The molecule has 2 aromatic rings. The average Bonchev–Trinajstić information content (AvgIpc) is 2.82. The lowest BCUT2D eigenvalue weighted by molar-refractivity contribution is 0.597. The summed E-state index contributed by atoms with van der Waals surface area (Å²) in [5, 5.41) is 8.27. The first-order valence-corrected chi connectivity index (χ1v) is 7.05. The number of H-pyrrole nitrogens is 1. The van der Waals surface area contributed by atoms with Gasteiger partial charge in [0, 0.05) is 25.0 Å². The molecule has 0 aliphatic rings. The number of benzene rings is 1. The summed E-state index contributed by atoms with van der Waals surface area (Å²) in [6.45, 7) is 1.41. The molecule has 0 saturated heterocycles. The Bertz CT molecular complexity index is 589. The number of nitrogens with two attached hydrogens (primary N) is 1. The standard InChI is InChI=1S/C12H15N3O2S/c13-18(16,17)12-5-3-10(4-6-12)8-14-9-11-2-1-7-15-11/h1-7,14-15H,8-9H2,(H2,13,16,17). The van der Waals surface area contributed by atoms with Crippen LogP contribution < -0.4 is 10.5 Å². The molecular formula is C12H15N3O2S. The van der Waals surface area contributed by atoms with E-state index in [1.165, 1.54) is 12.1 Å². The zero-order valence-corrected chi connectivity index (χ0v) is 10.6. The number of hydrogen-bond donors (Lipinski definition) is 3. The predicted octanol–water partition coefficient (Wildman–Crippen LogP) is 0.952. The summed E-state index contributed by atoms with van der Waals surface area (Å²) in [7, 11) is -3.60. The van der Waals surface area contributed by atoms with E-state index in [9.17, 15) is 8.42 Å². The van der Waals surface area contributed by atoms with Crippen LogP contribution in [-0.2, 0) is 23.1 Å². The summed E-state index contributed by atoms with van der Waals surface area (Å²) < 4.78 is 22.1. The summed E-state index contributed by atoms with van der Waals surface area (Å²) in [4.78, 5) is 3.23. The highest BCUT2D eigenvalue weighted by molar-refractivity contribution is 7.89. The van der Waals surface area contributed by atoms with Gasteiger partial charge in [-0.25, -0.2) is 13.6 Å². The van der Waals surface area contributed by atoms with E-state index in [0.717, 1.165) is 17.8 Å². The molecule has 0 aliphatic carbocycles. The third-order valence-electron chi connectivity index (χ3n) is 2.56. The molecule has 4 N–H and O–H groups in total. The molecule has 0 amide bonds. The van der Waals surface area contributed by atoms with Gasteiger partial charge in [0.15, 0.2) is 0 Å². The fraction of sp³-hybridized carbons (Fsp3) is 0.167. The van der Waals surface area contributed by atoms with Gasteiger partial charge in [0.25, 0.3) is 0 Å². The number of aromatic amines is 1. The molecule has 0 unspecified atom stereocenters. The van der Waals surface area contributed by atoms with Gasteiger partial charge in [-0.15, -0.1) is 0 Å². The van der Waals surface area contributed by atoms with E-state index < -0.39 is 10.0 Å². The Morgan fingerprint density at radius 2 is 1.83 bits per heavy atom. The first kappa shape index (κ1) is 12.8. The van der Waals surface area contributed by atoms with Gasteiger partial charge in [-0.1, -0.05) is 12.1 Å². The van der Waals surface area contributed by atoms with Crippen molar-refractivity contribution in [3.05, 3.63) is 53.9 Å². The second-order valence-electron chi connectivity index (χ2n) is 3.99. The van der Waals surface area contributed by atoms with Gasteiger partial charge in [-0.3, -0.25) is 0 Å². The summed E-state index contributed by atoms with van der Waals surface area (Å²) in [6, 6.07) is 10.5. The van der Waals surface area contributed by atoms with E-state index in [1.807, 2.05) is 18.3 Å². The Morgan fingerprint density at radius 3 is 2.39 bits per heavy atom. The van der Waals surface area contributed by atoms with Crippen molar-refractivity contribution in [1.82, 2.24) is 10.3 Å². The fourth-order valence-electron chi connectivity index (χ4n) is 1.62. The van der Waals surface area contributed by atoms with E-state index in [-0.39, 0.29) is 4.90 Å². The first-order valence-electron chi connectivity index (χ1n) is 5.50. The Kier molecular flexibility index (Phi) is 3.81. The third-order valence-corrected chi connectivity index (χ3v) is 3.49. The molecule has 2 rings (SSSR count). The van der Waals surface area contributed by atoms with Crippen LogP contribution in [0, 0.1) is 0 Å². The molecule has 18 heavy (non-hydrogen) atoms. The molecule has 0 atom stereocenters. The summed E-state index contributed by atoms with van der Waals surface area (Å²) >= 11 is 0. The monoisotopic (exact) mass is 265 g/mol. The zero-order chi connectivity index (χ0) is 13.0. The lowest BCUT2D eigenvalue weighted by Crippen LogP contribution is -2.14. The van der Waals surface area contributed by atoms with Crippen LogP contribution in [0.5, 0.6) is 0 Å². The van der Waals surface area contributed by atoms with Crippen molar-refractivity contribution in [1.29, 1.82) is 0 Å². The van der Waals surface area contributed by atoms with Crippen molar-refractivity contribution >= 4 is 10.0 Å². The zero-order valence-electron chi connectivity index (χ0n) is 9.76. The Balaban J connectivity index is 1.91. The van der Waals surface area contributed by atoms with Crippen LogP contribution >= 0.6 is 0 Å². The minimum Gasteiger partial charge on any atom is -0.364 e. The van der Waals surface area contributed by atoms with Gasteiger partial charge < -0.3 is 10.3 Å². The first-order chi connectivity index (χ1) is 8.55. The maximum Gasteiger partial charge on any atom is 0.238 e. The maximum atomic E-state index is 11.1. The molecule has 0 aliphatic heterocycles. The van der Waals surface area contributed by atoms with Gasteiger partial charge in [-0.05, 0) is 29.8 Å². The van der Waals surface area contributed by atoms with Gasteiger partial charge >= 0.3 is 0 Å². The fourth-order valence-corrected chi connectivity index (χ4v) is 2.13. The number of nitrogens with one attached hydrogen (secondary N) is 2. The van der Waals surface area contributed by atoms with Crippen LogP contribution in [0.15, 0.2) is 47.5 Å². The molecule has 0 radical (unpaired) electrons. The Labute approximate surface area is 106 Å². The molecule has 0 saturated carbocycles. The van der Waals surface area contributed by atoms with Gasteiger partial charge in [0.2, 0.25) is 10.0 Å². The summed E-state index contributed by atoms with van der Waals surface area (Å²) in [6.07, 6.45) is 1.87.